The fourth-order valence-electron chi connectivity index (χ4n) is 1.70. The number of benzene rings is 1. The standard InChI is InChI=1S/C13H15BrClN3/c1-3-18-8-10(7-16-18)9(2)17-13-5-4-11(14)6-12(13)15/h4-9,17H,3H2,1-2H3. The number of halogens is 2. The Kier molecular flexibility index (Phi) is 4.30. The van der Waals surface area contributed by atoms with E-state index in [0.717, 1.165) is 22.3 Å². The summed E-state index contributed by atoms with van der Waals surface area (Å²) in [5.74, 6) is 0. The first-order valence-electron chi connectivity index (χ1n) is 5.84. The number of nitrogens with one attached hydrogen (secondary N) is 1. The van der Waals surface area contributed by atoms with Crippen molar-refractivity contribution >= 4 is 33.2 Å². The van der Waals surface area contributed by atoms with E-state index in [1.165, 1.54) is 0 Å². The minimum absolute atomic E-state index is 0.170. The van der Waals surface area contributed by atoms with Gasteiger partial charge in [-0.3, -0.25) is 4.68 Å². The Bertz CT molecular complexity index is 539. The van der Waals surface area contributed by atoms with Crippen LogP contribution >= 0.6 is 27.5 Å². The van der Waals surface area contributed by atoms with Gasteiger partial charge in [0.2, 0.25) is 0 Å². The summed E-state index contributed by atoms with van der Waals surface area (Å²) in [5.41, 5.74) is 2.08. The Morgan fingerprint density at radius 2 is 2.28 bits per heavy atom. The van der Waals surface area contributed by atoms with Gasteiger partial charge in [-0.05, 0) is 32.0 Å². The van der Waals surface area contributed by atoms with Gasteiger partial charge in [0.05, 0.1) is 22.9 Å². The maximum Gasteiger partial charge on any atom is 0.0648 e. The second-order valence-corrected chi connectivity index (χ2v) is 5.44. The van der Waals surface area contributed by atoms with Crippen molar-refractivity contribution in [3.63, 3.8) is 0 Å². The number of rotatable bonds is 4. The lowest BCUT2D eigenvalue weighted by atomic mass is 10.2. The number of nitrogens with zero attached hydrogens (tertiary/aromatic N) is 2. The molecule has 0 saturated carbocycles. The molecule has 2 aromatic rings. The van der Waals surface area contributed by atoms with Crippen LogP contribution in [0, 0.1) is 0 Å². The van der Waals surface area contributed by atoms with Gasteiger partial charge in [-0.1, -0.05) is 27.5 Å². The molecule has 1 heterocycles. The van der Waals surface area contributed by atoms with Crippen molar-refractivity contribution in [1.82, 2.24) is 9.78 Å². The molecule has 0 fully saturated rings. The van der Waals surface area contributed by atoms with Crippen LogP contribution in [0.25, 0.3) is 0 Å². The molecule has 1 unspecified atom stereocenters. The zero-order chi connectivity index (χ0) is 13.1. The Balaban J connectivity index is 2.13. The Labute approximate surface area is 120 Å². The molecule has 1 atom stereocenters. The molecule has 3 nitrogen and oxygen atoms in total. The van der Waals surface area contributed by atoms with Crippen LogP contribution in [0.4, 0.5) is 5.69 Å². The highest BCUT2D eigenvalue weighted by Gasteiger charge is 2.09. The largest absolute Gasteiger partial charge is 0.377 e. The van der Waals surface area contributed by atoms with Gasteiger partial charge >= 0.3 is 0 Å². The molecule has 0 spiro atoms. The minimum atomic E-state index is 0.170. The van der Waals surface area contributed by atoms with E-state index >= 15 is 0 Å². The SMILES string of the molecule is CCn1cc(C(C)Nc2ccc(Br)cc2Cl)cn1. The molecule has 2 rings (SSSR count). The highest BCUT2D eigenvalue weighted by atomic mass is 79.9. The van der Waals surface area contributed by atoms with Crippen molar-refractivity contribution in [2.75, 3.05) is 5.32 Å². The molecule has 0 amide bonds. The van der Waals surface area contributed by atoms with Crippen LogP contribution in [0.1, 0.15) is 25.5 Å². The maximum absolute atomic E-state index is 6.18. The molecule has 96 valence electrons. The van der Waals surface area contributed by atoms with Crippen LogP contribution in [0.5, 0.6) is 0 Å². The number of hydrogen-bond donors (Lipinski definition) is 1. The van der Waals surface area contributed by atoms with Gasteiger partial charge in [-0.2, -0.15) is 5.10 Å². The molecule has 5 heteroatoms. The van der Waals surface area contributed by atoms with Crippen LogP contribution in [-0.4, -0.2) is 9.78 Å². The molecule has 1 aromatic heterocycles. The normalized spacial score (nSPS) is 12.4. The predicted octanol–water partition coefficient (Wildman–Crippen LogP) is 4.49. The molecule has 0 saturated heterocycles. The summed E-state index contributed by atoms with van der Waals surface area (Å²) in [6, 6.07) is 5.99. The summed E-state index contributed by atoms with van der Waals surface area (Å²) in [6.45, 7) is 5.04. The first-order valence-corrected chi connectivity index (χ1v) is 7.01. The lowest BCUT2D eigenvalue weighted by molar-refractivity contribution is 0.658. The summed E-state index contributed by atoms with van der Waals surface area (Å²) in [5, 5.41) is 8.36. The third kappa shape index (κ3) is 3.06. The molecule has 0 aliphatic carbocycles. The molecule has 0 radical (unpaired) electrons. The van der Waals surface area contributed by atoms with Gasteiger partial charge < -0.3 is 5.32 Å². The Morgan fingerprint density at radius 1 is 1.50 bits per heavy atom. The summed E-state index contributed by atoms with van der Waals surface area (Å²) >= 11 is 9.57. The van der Waals surface area contributed by atoms with Gasteiger partial charge in [0.1, 0.15) is 0 Å². The number of anilines is 1. The van der Waals surface area contributed by atoms with Crippen molar-refractivity contribution in [1.29, 1.82) is 0 Å². The Morgan fingerprint density at radius 3 is 2.89 bits per heavy atom. The summed E-state index contributed by atoms with van der Waals surface area (Å²) in [7, 11) is 0. The number of hydrogen-bond acceptors (Lipinski definition) is 2. The van der Waals surface area contributed by atoms with Crippen LogP contribution in [0.15, 0.2) is 35.1 Å². The van der Waals surface area contributed by atoms with E-state index < -0.39 is 0 Å². The summed E-state index contributed by atoms with van der Waals surface area (Å²) < 4.78 is 2.89. The fourth-order valence-corrected chi connectivity index (χ4v) is 2.43. The average molecular weight is 329 g/mol. The maximum atomic E-state index is 6.18. The summed E-state index contributed by atoms with van der Waals surface area (Å²) in [4.78, 5) is 0. The third-order valence-electron chi connectivity index (χ3n) is 2.78. The zero-order valence-corrected chi connectivity index (χ0v) is 12.7. The van der Waals surface area contributed by atoms with E-state index in [1.807, 2.05) is 35.3 Å². The topological polar surface area (TPSA) is 29.9 Å². The third-order valence-corrected chi connectivity index (χ3v) is 3.59. The van der Waals surface area contributed by atoms with Crippen molar-refractivity contribution in [2.45, 2.75) is 26.4 Å². The molecular weight excluding hydrogens is 314 g/mol. The van der Waals surface area contributed by atoms with E-state index in [4.69, 9.17) is 11.6 Å². The highest BCUT2D eigenvalue weighted by Crippen LogP contribution is 2.28. The molecule has 0 aliphatic heterocycles. The van der Waals surface area contributed by atoms with Crippen LogP contribution in [0.3, 0.4) is 0 Å². The van der Waals surface area contributed by atoms with Crippen molar-refractivity contribution in [3.05, 3.63) is 45.7 Å². The predicted molar refractivity (Wildman–Crippen MR) is 79.1 cm³/mol. The van der Waals surface area contributed by atoms with Gasteiger partial charge in [-0.25, -0.2) is 0 Å². The van der Waals surface area contributed by atoms with Gasteiger partial charge in [0.25, 0.3) is 0 Å². The van der Waals surface area contributed by atoms with Gasteiger partial charge in [-0.15, -0.1) is 0 Å². The van der Waals surface area contributed by atoms with E-state index in [-0.39, 0.29) is 6.04 Å². The van der Waals surface area contributed by atoms with Crippen molar-refractivity contribution in [3.8, 4) is 0 Å². The first kappa shape index (κ1) is 13.4. The zero-order valence-electron chi connectivity index (χ0n) is 10.3. The van der Waals surface area contributed by atoms with Crippen LogP contribution in [0.2, 0.25) is 5.02 Å². The number of aryl methyl sites for hydroxylation is 1. The monoisotopic (exact) mass is 327 g/mol. The Hall–Kier alpha value is -1.00. The van der Waals surface area contributed by atoms with Crippen LogP contribution < -0.4 is 5.32 Å². The number of aromatic nitrogens is 2. The van der Waals surface area contributed by atoms with Crippen molar-refractivity contribution < 1.29 is 0 Å². The second kappa shape index (κ2) is 5.76. The van der Waals surface area contributed by atoms with Gasteiger partial charge in [0.15, 0.2) is 0 Å². The highest BCUT2D eigenvalue weighted by molar-refractivity contribution is 9.10. The lowest BCUT2D eigenvalue weighted by Crippen LogP contribution is -2.06. The molecule has 0 aliphatic rings. The molecule has 18 heavy (non-hydrogen) atoms. The molecule has 1 N–H and O–H groups in total. The second-order valence-electron chi connectivity index (χ2n) is 4.12. The van der Waals surface area contributed by atoms with Crippen molar-refractivity contribution in [2.24, 2.45) is 0 Å². The average Bonchev–Trinajstić information content (AvgIpc) is 2.81. The van der Waals surface area contributed by atoms with E-state index in [9.17, 15) is 0 Å². The quantitative estimate of drug-likeness (QED) is 0.896. The molecule has 1 aromatic carbocycles. The van der Waals surface area contributed by atoms with Crippen LogP contribution in [-0.2, 0) is 6.54 Å². The molecule has 0 bridgehead atoms. The van der Waals surface area contributed by atoms with E-state index in [2.05, 4.69) is 40.2 Å². The smallest absolute Gasteiger partial charge is 0.0648 e. The first-order chi connectivity index (χ1) is 8.60. The van der Waals surface area contributed by atoms with E-state index in [1.54, 1.807) is 0 Å². The summed E-state index contributed by atoms with van der Waals surface area (Å²) in [6.07, 6.45) is 3.93. The molecular formula is C13H15BrClN3. The van der Waals surface area contributed by atoms with Gasteiger partial charge in [0, 0.05) is 22.8 Å². The minimum Gasteiger partial charge on any atom is -0.377 e. The lowest BCUT2D eigenvalue weighted by Gasteiger charge is -2.15. The fraction of sp³-hybridized carbons (Fsp3) is 0.308. The van der Waals surface area contributed by atoms with E-state index in [0.29, 0.717) is 5.02 Å².